The molecule has 8 heteroatoms. The molecule has 0 bridgehead atoms. The van der Waals surface area contributed by atoms with Crippen LogP contribution < -0.4 is 0 Å². The second-order valence-electron chi connectivity index (χ2n) is 11.6. The van der Waals surface area contributed by atoms with E-state index in [1.54, 1.807) is 6.20 Å². The molecule has 0 radical (unpaired) electrons. The van der Waals surface area contributed by atoms with Gasteiger partial charge in [0.25, 0.3) is 0 Å². The molecular weight excluding hydrogens is 432 g/mol. The highest BCUT2D eigenvalue weighted by Gasteiger charge is 2.46. The Hall–Kier alpha value is -0.316. The number of hydrogen-bond acceptors (Lipinski definition) is 5. The molecule has 0 N–H and O–H groups in total. The first kappa shape index (κ1) is 25.9. The zero-order chi connectivity index (χ0) is 23.1. The molecular formula is C22H41ClN2O3Si2. The third-order valence-electron chi connectivity index (χ3n) is 7.20. The van der Waals surface area contributed by atoms with E-state index in [1.807, 2.05) is 6.92 Å². The molecule has 2 heterocycles. The lowest BCUT2D eigenvalue weighted by atomic mass is 10.1. The van der Waals surface area contributed by atoms with Crippen molar-refractivity contribution in [2.45, 2.75) is 109 Å². The van der Waals surface area contributed by atoms with Gasteiger partial charge in [-0.1, -0.05) is 41.5 Å². The van der Waals surface area contributed by atoms with Crippen LogP contribution >= 0.6 is 11.6 Å². The quantitative estimate of drug-likeness (QED) is 0.341. The van der Waals surface area contributed by atoms with E-state index in [4.69, 9.17) is 25.2 Å². The fourth-order valence-corrected chi connectivity index (χ4v) is 5.56. The molecule has 0 aromatic carbocycles. The predicted octanol–water partition coefficient (Wildman–Crippen LogP) is 6.68. The number of nitrogens with zero attached hydrogens (tertiary/aromatic N) is 2. The maximum absolute atomic E-state index is 6.82. The zero-order valence-electron chi connectivity index (χ0n) is 20.7. The molecule has 0 spiro atoms. The molecule has 2 rings (SSSR count). The lowest BCUT2D eigenvalue weighted by molar-refractivity contribution is -0.0168. The van der Waals surface area contributed by atoms with Gasteiger partial charge < -0.3 is 13.6 Å². The predicted molar refractivity (Wildman–Crippen MR) is 129 cm³/mol. The van der Waals surface area contributed by atoms with Gasteiger partial charge in [-0.15, -0.1) is 0 Å². The van der Waals surface area contributed by atoms with E-state index >= 15 is 0 Å². The van der Waals surface area contributed by atoms with Gasteiger partial charge in [0.15, 0.2) is 16.6 Å². The lowest BCUT2D eigenvalue weighted by Gasteiger charge is -2.40. The maximum Gasteiger partial charge on any atom is 0.222 e. The SMILES string of the molecule is Cc1nc(Cl)ncc1[C@H]1C[C@H](O[Si](C)(C)C(C)(C)C)[C@@H](CO[Si](C)(C)C(C)(C)C)O1. The van der Waals surface area contributed by atoms with Gasteiger partial charge in [-0.2, -0.15) is 0 Å². The van der Waals surface area contributed by atoms with Crippen LogP contribution in [0.15, 0.2) is 6.20 Å². The molecule has 5 nitrogen and oxygen atoms in total. The fourth-order valence-electron chi connectivity index (χ4n) is 3.01. The van der Waals surface area contributed by atoms with Crippen LogP contribution in [-0.2, 0) is 13.6 Å². The lowest BCUT2D eigenvalue weighted by Crippen LogP contribution is -2.48. The van der Waals surface area contributed by atoms with E-state index in [0.717, 1.165) is 17.7 Å². The molecule has 1 aliphatic rings. The minimum atomic E-state index is -1.95. The van der Waals surface area contributed by atoms with E-state index in [9.17, 15) is 0 Å². The van der Waals surface area contributed by atoms with Gasteiger partial charge in [-0.05, 0) is 54.8 Å². The van der Waals surface area contributed by atoms with E-state index in [1.165, 1.54) is 0 Å². The average Bonchev–Trinajstić information content (AvgIpc) is 2.92. The van der Waals surface area contributed by atoms with Crippen LogP contribution in [0.5, 0.6) is 0 Å². The summed E-state index contributed by atoms with van der Waals surface area (Å²) in [7, 11) is -3.84. The Balaban J connectivity index is 2.26. The maximum atomic E-state index is 6.82. The van der Waals surface area contributed by atoms with Crippen molar-refractivity contribution >= 4 is 28.2 Å². The molecule has 0 saturated carbocycles. The average molecular weight is 473 g/mol. The first-order valence-corrected chi connectivity index (χ1v) is 17.1. The Morgan fingerprint density at radius 1 is 1.07 bits per heavy atom. The largest absolute Gasteiger partial charge is 0.414 e. The van der Waals surface area contributed by atoms with Crippen molar-refractivity contribution in [2.75, 3.05) is 6.61 Å². The summed E-state index contributed by atoms with van der Waals surface area (Å²) in [6, 6.07) is 0. The second kappa shape index (κ2) is 8.91. The van der Waals surface area contributed by atoms with Crippen molar-refractivity contribution in [2.24, 2.45) is 0 Å². The minimum absolute atomic E-state index is 0.00395. The van der Waals surface area contributed by atoms with Gasteiger partial charge in [-0.25, -0.2) is 9.97 Å². The van der Waals surface area contributed by atoms with Crippen LogP contribution in [0.2, 0.25) is 41.5 Å². The summed E-state index contributed by atoms with van der Waals surface area (Å²) in [6.07, 6.45) is 2.36. The first-order valence-electron chi connectivity index (χ1n) is 10.9. The second-order valence-corrected chi connectivity index (χ2v) is 21.5. The highest BCUT2D eigenvalue weighted by atomic mass is 35.5. The molecule has 1 aromatic rings. The van der Waals surface area contributed by atoms with Crippen LogP contribution in [0.3, 0.4) is 0 Å². The summed E-state index contributed by atoms with van der Waals surface area (Å²) >= 11 is 5.96. The summed E-state index contributed by atoms with van der Waals surface area (Å²) < 4.78 is 19.9. The molecule has 30 heavy (non-hydrogen) atoms. The Morgan fingerprint density at radius 2 is 1.63 bits per heavy atom. The van der Waals surface area contributed by atoms with Crippen LogP contribution in [0.1, 0.15) is 65.3 Å². The van der Waals surface area contributed by atoms with Crippen LogP contribution in [0.25, 0.3) is 0 Å². The smallest absolute Gasteiger partial charge is 0.222 e. The topological polar surface area (TPSA) is 53.5 Å². The van der Waals surface area contributed by atoms with Crippen molar-refractivity contribution in [3.05, 3.63) is 22.7 Å². The summed E-state index contributed by atoms with van der Waals surface area (Å²) in [5.74, 6) is 0. The molecule has 0 aliphatic carbocycles. The monoisotopic (exact) mass is 472 g/mol. The summed E-state index contributed by atoms with van der Waals surface area (Å²) in [5.41, 5.74) is 1.84. The number of aromatic nitrogens is 2. The first-order chi connectivity index (χ1) is 13.4. The van der Waals surface area contributed by atoms with E-state index in [0.29, 0.717) is 6.61 Å². The molecule has 1 aliphatic heterocycles. The third kappa shape index (κ3) is 5.92. The van der Waals surface area contributed by atoms with Gasteiger partial charge in [0.05, 0.1) is 18.8 Å². The molecule has 0 amide bonds. The van der Waals surface area contributed by atoms with Gasteiger partial charge in [0.2, 0.25) is 5.28 Å². The van der Waals surface area contributed by atoms with Crippen molar-refractivity contribution in [3.63, 3.8) is 0 Å². The van der Waals surface area contributed by atoms with Crippen molar-refractivity contribution in [1.82, 2.24) is 9.97 Å². The standard InChI is InChI=1S/C22H41ClN2O3Si2/c1-15-16(13-24-20(23)25-15)17-12-18(28-30(10,11)22(5,6)7)19(27-17)14-26-29(8,9)21(2,3)4/h13,17-19H,12,14H2,1-11H3/t17-,18+,19-/m1/s1. The highest BCUT2D eigenvalue weighted by molar-refractivity contribution is 6.74. The van der Waals surface area contributed by atoms with Gasteiger partial charge in [0.1, 0.15) is 6.10 Å². The summed E-state index contributed by atoms with van der Waals surface area (Å²) in [5, 5.41) is 0.553. The normalized spacial score (nSPS) is 23.8. The Kier molecular flexibility index (Phi) is 7.70. The van der Waals surface area contributed by atoms with E-state index in [2.05, 4.69) is 77.7 Å². The van der Waals surface area contributed by atoms with Crippen LogP contribution in [-0.4, -0.2) is 45.4 Å². The van der Waals surface area contributed by atoms with Gasteiger partial charge in [-0.3, -0.25) is 0 Å². The third-order valence-corrected chi connectivity index (χ3v) is 16.4. The number of ether oxygens (including phenoxy) is 1. The van der Waals surface area contributed by atoms with Crippen molar-refractivity contribution < 1.29 is 13.6 Å². The highest BCUT2D eigenvalue weighted by Crippen LogP contribution is 2.43. The molecule has 1 saturated heterocycles. The van der Waals surface area contributed by atoms with E-state index < -0.39 is 16.6 Å². The van der Waals surface area contributed by atoms with Crippen molar-refractivity contribution in [1.29, 1.82) is 0 Å². The molecule has 3 atom stereocenters. The molecule has 1 fully saturated rings. The van der Waals surface area contributed by atoms with Gasteiger partial charge in [0, 0.05) is 23.9 Å². The van der Waals surface area contributed by atoms with Gasteiger partial charge >= 0.3 is 0 Å². The van der Waals surface area contributed by atoms with Crippen LogP contribution in [0.4, 0.5) is 0 Å². The number of aryl methyl sites for hydroxylation is 1. The number of rotatable bonds is 6. The summed E-state index contributed by atoms with van der Waals surface area (Å²) in [4.78, 5) is 8.50. The zero-order valence-corrected chi connectivity index (χ0v) is 23.5. The van der Waals surface area contributed by atoms with E-state index in [-0.39, 0.29) is 33.7 Å². The summed E-state index contributed by atoms with van der Waals surface area (Å²) in [6.45, 7) is 25.2. The van der Waals surface area contributed by atoms with Crippen LogP contribution in [0, 0.1) is 6.92 Å². The molecule has 1 aromatic heterocycles. The number of hydrogen-bond donors (Lipinski definition) is 0. The van der Waals surface area contributed by atoms with Crippen molar-refractivity contribution in [3.8, 4) is 0 Å². The fraction of sp³-hybridized carbons (Fsp3) is 0.818. The Morgan fingerprint density at radius 3 is 2.13 bits per heavy atom. The molecule has 0 unspecified atom stereocenters. The Labute approximate surface area is 190 Å². The Bertz CT molecular complexity index is 745. The number of halogens is 1. The molecule has 172 valence electrons. The minimum Gasteiger partial charge on any atom is -0.414 e.